The molecule has 0 heterocycles. The van der Waals surface area contributed by atoms with Crippen LogP contribution in [0.2, 0.25) is 0 Å². The van der Waals surface area contributed by atoms with Crippen LogP contribution in [0.5, 0.6) is 5.75 Å². The van der Waals surface area contributed by atoms with Gasteiger partial charge in [0.15, 0.2) is 0 Å². The van der Waals surface area contributed by atoms with Gasteiger partial charge in [0.05, 0.1) is 12.7 Å². The summed E-state index contributed by atoms with van der Waals surface area (Å²) in [6.07, 6.45) is -4.57. The standard InChI is InChI=1S/C18H17F3N2O3/c1-26-15-8-6-14(7-9-15)23(11-10-16(22)24)17(25)12-2-4-13(5-3-12)18(19,20)21/h2-9H,10-11H2,1H3,(H2,22,24). The van der Waals surface area contributed by atoms with E-state index in [9.17, 15) is 22.8 Å². The lowest BCUT2D eigenvalue weighted by Crippen LogP contribution is -2.34. The van der Waals surface area contributed by atoms with Gasteiger partial charge < -0.3 is 15.4 Å². The minimum atomic E-state index is -4.48. The van der Waals surface area contributed by atoms with E-state index in [2.05, 4.69) is 0 Å². The smallest absolute Gasteiger partial charge is 0.416 e. The molecule has 0 bridgehead atoms. The number of carbonyl (C=O) groups is 2. The molecule has 138 valence electrons. The number of halogens is 3. The fraction of sp³-hybridized carbons (Fsp3) is 0.222. The van der Waals surface area contributed by atoms with E-state index in [1.165, 1.54) is 12.0 Å². The van der Waals surface area contributed by atoms with Crippen LogP contribution in [-0.4, -0.2) is 25.5 Å². The average molecular weight is 366 g/mol. The highest BCUT2D eigenvalue weighted by Gasteiger charge is 2.30. The summed E-state index contributed by atoms with van der Waals surface area (Å²) in [5.74, 6) is -0.556. The lowest BCUT2D eigenvalue weighted by Gasteiger charge is -2.23. The number of ether oxygens (including phenoxy) is 1. The molecular weight excluding hydrogens is 349 g/mol. The number of rotatable bonds is 6. The van der Waals surface area contributed by atoms with Gasteiger partial charge in [-0.05, 0) is 48.5 Å². The Morgan fingerprint density at radius 3 is 2.08 bits per heavy atom. The molecule has 8 heteroatoms. The number of alkyl halides is 3. The highest BCUT2D eigenvalue weighted by atomic mass is 19.4. The van der Waals surface area contributed by atoms with Crippen molar-refractivity contribution in [3.05, 3.63) is 59.7 Å². The second kappa shape index (κ2) is 7.90. The summed E-state index contributed by atoms with van der Waals surface area (Å²) >= 11 is 0. The Morgan fingerprint density at radius 1 is 1.04 bits per heavy atom. The summed E-state index contributed by atoms with van der Waals surface area (Å²) in [5.41, 5.74) is 4.84. The van der Waals surface area contributed by atoms with Crippen LogP contribution in [0.3, 0.4) is 0 Å². The Bertz CT molecular complexity index is 772. The van der Waals surface area contributed by atoms with Crippen molar-refractivity contribution < 1.29 is 27.5 Å². The van der Waals surface area contributed by atoms with E-state index in [4.69, 9.17) is 10.5 Å². The van der Waals surface area contributed by atoms with Gasteiger partial charge in [0, 0.05) is 24.2 Å². The third-order valence-electron chi connectivity index (χ3n) is 3.67. The maximum absolute atomic E-state index is 12.7. The number of benzene rings is 2. The SMILES string of the molecule is COc1ccc(N(CCC(N)=O)C(=O)c2ccc(C(F)(F)F)cc2)cc1. The van der Waals surface area contributed by atoms with Gasteiger partial charge in [-0.25, -0.2) is 0 Å². The minimum Gasteiger partial charge on any atom is -0.497 e. The molecule has 0 atom stereocenters. The number of nitrogens with two attached hydrogens (primary N) is 1. The van der Waals surface area contributed by atoms with Crippen molar-refractivity contribution in [1.82, 2.24) is 0 Å². The molecular formula is C18H17F3N2O3. The van der Waals surface area contributed by atoms with Crippen LogP contribution in [0, 0.1) is 0 Å². The van der Waals surface area contributed by atoms with E-state index in [0.29, 0.717) is 11.4 Å². The maximum Gasteiger partial charge on any atom is 0.416 e. The van der Waals surface area contributed by atoms with Crippen molar-refractivity contribution in [3.63, 3.8) is 0 Å². The van der Waals surface area contributed by atoms with Crippen LogP contribution in [0.1, 0.15) is 22.3 Å². The Kier molecular flexibility index (Phi) is 5.86. The topological polar surface area (TPSA) is 72.6 Å². The third-order valence-corrected chi connectivity index (χ3v) is 3.67. The molecule has 0 aliphatic rings. The monoisotopic (exact) mass is 366 g/mol. The van der Waals surface area contributed by atoms with Crippen LogP contribution in [-0.2, 0) is 11.0 Å². The first-order valence-corrected chi connectivity index (χ1v) is 7.64. The van der Waals surface area contributed by atoms with Gasteiger partial charge in [-0.15, -0.1) is 0 Å². The quantitative estimate of drug-likeness (QED) is 0.853. The van der Waals surface area contributed by atoms with E-state index >= 15 is 0 Å². The zero-order chi connectivity index (χ0) is 19.3. The van der Waals surface area contributed by atoms with Crippen LogP contribution in [0.4, 0.5) is 18.9 Å². The normalized spacial score (nSPS) is 11.1. The predicted octanol–water partition coefficient (Wildman–Crippen LogP) is 3.24. The Hall–Kier alpha value is -3.03. The number of primary amides is 1. The molecule has 2 amide bonds. The number of hydrogen-bond acceptors (Lipinski definition) is 3. The lowest BCUT2D eigenvalue weighted by atomic mass is 10.1. The molecule has 2 rings (SSSR count). The van der Waals surface area contributed by atoms with E-state index in [0.717, 1.165) is 24.3 Å². The molecule has 5 nitrogen and oxygen atoms in total. The van der Waals surface area contributed by atoms with Gasteiger partial charge in [-0.3, -0.25) is 9.59 Å². The van der Waals surface area contributed by atoms with Crippen molar-refractivity contribution in [2.24, 2.45) is 5.73 Å². The number of nitrogens with zero attached hydrogens (tertiary/aromatic N) is 1. The first-order valence-electron chi connectivity index (χ1n) is 7.64. The second-order valence-electron chi connectivity index (χ2n) is 5.45. The largest absolute Gasteiger partial charge is 0.497 e. The Balaban J connectivity index is 2.31. The molecule has 0 spiro atoms. The van der Waals surface area contributed by atoms with E-state index in [1.807, 2.05) is 0 Å². The van der Waals surface area contributed by atoms with Gasteiger partial charge in [-0.2, -0.15) is 13.2 Å². The predicted molar refractivity (Wildman–Crippen MR) is 89.9 cm³/mol. The van der Waals surface area contributed by atoms with Crippen molar-refractivity contribution in [3.8, 4) is 5.75 Å². The van der Waals surface area contributed by atoms with Crippen LogP contribution in [0.15, 0.2) is 48.5 Å². The summed E-state index contributed by atoms with van der Waals surface area (Å²) in [4.78, 5) is 25.1. The number of hydrogen-bond donors (Lipinski definition) is 1. The summed E-state index contributed by atoms with van der Waals surface area (Å²) in [6.45, 7) is 0.00151. The Labute approximate surface area is 148 Å². The number of methoxy groups -OCH3 is 1. The van der Waals surface area contributed by atoms with Gasteiger partial charge in [0.2, 0.25) is 5.91 Å². The molecule has 0 saturated carbocycles. The van der Waals surface area contributed by atoms with E-state index in [1.54, 1.807) is 24.3 Å². The van der Waals surface area contributed by atoms with E-state index < -0.39 is 23.6 Å². The molecule has 2 N–H and O–H groups in total. The summed E-state index contributed by atoms with van der Waals surface area (Å²) in [5, 5.41) is 0. The molecule has 0 radical (unpaired) electrons. The molecule has 2 aromatic carbocycles. The summed E-state index contributed by atoms with van der Waals surface area (Å²) in [6, 6.07) is 10.4. The molecule has 0 saturated heterocycles. The fourth-order valence-corrected chi connectivity index (χ4v) is 2.29. The molecule has 0 aromatic heterocycles. The zero-order valence-electron chi connectivity index (χ0n) is 13.9. The fourth-order valence-electron chi connectivity index (χ4n) is 2.29. The highest BCUT2D eigenvalue weighted by molar-refractivity contribution is 6.06. The zero-order valence-corrected chi connectivity index (χ0v) is 13.9. The van der Waals surface area contributed by atoms with Gasteiger partial charge in [-0.1, -0.05) is 0 Å². The molecule has 0 aliphatic heterocycles. The van der Waals surface area contributed by atoms with Gasteiger partial charge in [0.25, 0.3) is 5.91 Å². The summed E-state index contributed by atoms with van der Waals surface area (Å²) < 4.78 is 43.1. The highest BCUT2D eigenvalue weighted by Crippen LogP contribution is 2.29. The maximum atomic E-state index is 12.7. The minimum absolute atomic E-state index is 0.00151. The molecule has 26 heavy (non-hydrogen) atoms. The van der Waals surface area contributed by atoms with Crippen molar-refractivity contribution in [2.75, 3.05) is 18.6 Å². The molecule has 0 aliphatic carbocycles. The van der Waals surface area contributed by atoms with Gasteiger partial charge in [0.1, 0.15) is 5.75 Å². The van der Waals surface area contributed by atoms with Crippen LogP contribution in [0.25, 0.3) is 0 Å². The van der Waals surface area contributed by atoms with Crippen molar-refractivity contribution >= 4 is 17.5 Å². The number of anilines is 1. The second-order valence-corrected chi connectivity index (χ2v) is 5.45. The first-order chi connectivity index (χ1) is 12.2. The molecule has 2 aromatic rings. The number of amides is 2. The first kappa shape index (κ1) is 19.3. The van der Waals surface area contributed by atoms with Crippen LogP contribution < -0.4 is 15.4 Å². The van der Waals surface area contributed by atoms with Crippen molar-refractivity contribution in [1.29, 1.82) is 0 Å². The van der Waals surface area contributed by atoms with Gasteiger partial charge >= 0.3 is 6.18 Å². The summed E-state index contributed by atoms with van der Waals surface area (Å²) in [7, 11) is 1.49. The number of carbonyl (C=O) groups excluding carboxylic acids is 2. The average Bonchev–Trinajstić information content (AvgIpc) is 2.61. The third kappa shape index (κ3) is 4.75. The molecule has 0 fully saturated rings. The Morgan fingerprint density at radius 2 is 1.62 bits per heavy atom. The van der Waals surface area contributed by atoms with E-state index in [-0.39, 0.29) is 18.5 Å². The van der Waals surface area contributed by atoms with Crippen molar-refractivity contribution in [2.45, 2.75) is 12.6 Å². The molecule has 0 unspecified atom stereocenters. The van der Waals surface area contributed by atoms with Crippen LogP contribution >= 0.6 is 0 Å². The lowest BCUT2D eigenvalue weighted by molar-refractivity contribution is -0.137.